The molecule has 0 aliphatic carbocycles. The van der Waals surface area contributed by atoms with E-state index in [1.165, 1.54) is 0 Å². The first kappa shape index (κ1) is 17.4. The first-order valence-electron chi connectivity index (χ1n) is 7.33. The number of carbonyl (C=O) groups excluding carboxylic acids is 1. The third-order valence-electron chi connectivity index (χ3n) is 4.06. The number of likely N-dealkylation sites (N-methyl/N-ethyl adjacent to an activating group) is 1. The minimum absolute atomic E-state index is 0.0508. The van der Waals surface area contributed by atoms with Crippen LogP contribution in [-0.4, -0.2) is 36.0 Å². The van der Waals surface area contributed by atoms with Gasteiger partial charge in [0.1, 0.15) is 5.75 Å². The van der Waals surface area contributed by atoms with Gasteiger partial charge >= 0.3 is 0 Å². The zero-order chi connectivity index (χ0) is 16.2. The molecule has 2 N–H and O–H groups in total. The van der Waals surface area contributed by atoms with Gasteiger partial charge in [-0.25, -0.2) is 0 Å². The molecule has 2 unspecified atom stereocenters. The number of amides is 1. The summed E-state index contributed by atoms with van der Waals surface area (Å²) in [6, 6.07) is -0.465. The van der Waals surface area contributed by atoms with Crippen LogP contribution in [0.15, 0.2) is 6.20 Å². The van der Waals surface area contributed by atoms with Gasteiger partial charge in [-0.3, -0.25) is 9.78 Å². The molecule has 5 heteroatoms. The summed E-state index contributed by atoms with van der Waals surface area (Å²) < 4.78 is 5.39. The molecule has 0 aromatic carbocycles. The zero-order valence-electron chi connectivity index (χ0n) is 13.9. The van der Waals surface area contributed by atoms with Crippen LogP contribution in [-0.2, 0) is 11.3 Å². The Hall–Kier alpha value is -1.62. The number of hydrogen-bond donors (Lipinski definition) is 1. The minimum Gasteiger partial charge on any atom is -0.496 e. The largest absolute Gasteiger partial charge is 0.496 e. The summed E-state index contributed by atoms with van der Waals surface area (Å²) in [5, 5.41) is 0. The van der Waals surface area contributed by atoms with E-state index in [1.807, 2.05) is 27.7 Å². The van der Waals surface area contributed by atoms with Crippen molar-refractivity contribution in [1.82, 2.24) is 9.88 Å². The average Bonchev–Trinajstić information content (AvgIpc) is 2.48. The Morgan fingerprint density at radius 2 is 2.10 bits per heavy atom. The maximum atomic E-state index is 12.3. The second-order valence-electron chi connectivity index (χ2n) is 5.65. The van der Waals surface area contributed by atoms with Crippen molar-refractivity contribution in [1.29, 1.82) is 0 Å². The highest BCUT2D eigenvalue weighted by Crippen LogP contribution is 2.24. The van der Waals surface area contributed by atoms with E-state index in [9.17, 15) is 4.79 Å². The number of aromatic nitrogens is 1. The molecule has 5 nitrogen and oxygen atoms in total. The molecule has 118 valence electrons. The van der Waals surface area contributed by atoms with E-state index in [-0.39, 0.29) is 11.8 Å². The van der Waals surface area contributed by atoms with E-state index in [1.54, 1.807) is 25.3 Å². The molecule has 1 rings (SSSR count). The van der Waals surface area contributed by atoms with Gasteiger partial charge < -0.3 is 15.4 Å². The van der Waals surface area contributed by atoms with Crippen LogP contribution in [0.5, 0.6) is 5.75 Å². The van der Waals surface area contributed by atoms with Crippen molar-refractivity contribution in [2.75, 3.05) is 14.2 Å². The van der Waals surface area contributed by atoms with Crippen molar-refractivity contribution in [3.63, 3.8) is 0 Å². The lowest BCUT2D eigenvalue weighted by Crippen LogP contribution is -2.45. The Bertz CT molecular complexity index is 503. The van der Waals surface area contributed by atoms with Gasteiger partial charge in [-0.1, -0.05) is 20.3 Å². The Kier molecular flexibility index (Phi) is 6.15. The normalized spacial score (nSPS) is 13.7. The molecule has 0 spiro atoms. The number of nitrogens with zero attached hydrogens (tertiary/aromatic N) is 2. The van der Waals surface area contributed by atoms with Crippen LogP contribution in [0.25, 0.3) is 0 Å². The molecule has 0 saturated heterocycles. The number of hydrogen-bond acceptors (Lipinski definition) is 4. The maximum Gasteiger partial charge on any atom is 0.239 e. The predicted molar refractivity (Wildman–Crippen MR) is 84.2 cm³/mol. The monoisotopic (exact) mass is 293 g/mol. The molecule has 1 heterocycles. The summed E-state index contributed by atoms with van der Waals surface area (Å²) in [6.45, 7) is 8.38. The predicted octanol–water partition coefficient (Wildman–Crippen LogP) is 2.04. The maximum absolute atomic E-state index is 12.3. The Balaban J connectivity index is 2.89. The van der Waals surface area contributed by atoms with E-state index in [0.29, 0.717) is 6.54 Å². The fraction of sp³-hybridized carbons (Fsp3) is 0.625. The summed E-state index contributed by atoms with van der Waals surface area (Å²) in [5.41, 5.74) is 8.80. The van der Waals surface area contributed by atoms with E-state index in [2.05, 4.69) is 4.98 Å². The first-order chi connectivity index (χ1) is 9.83. The number of pyridine rings is 1. The number of nitrogens with two attached hydrogens (primary N) is 1. The van der Waals surface area contributed by atoms with Gasteiger partial charge in [0.25, 0.3) is 0 Å². The minimum atomic E-state index is -0.465. The van der Waals surface area contributed by atoms with Crippen molar-refractivity contribution in [3.05, 3.63) is 23.0 Å². The van der Waals surface area contributed by atoms with Crippen molar-refractivity contribution in [2.45, 2.75) is 46.7 Å². The topological polar surface area (TPSA) is 68.5 Å². The van der Waals surface area contributed by atoms with Crippen LogP contribution >= 0.6 is 0 Å². The number of carbonyl (C=O) groups is 1. The molecule has 1 amide bonds. The van der Waals surface area contributed by atoms with Gasteiger partial charge in [-0.2, -0.15) is 0 Å². The van der Waals surface area contributed by atoms with E-state index in [4.69, 9.17) is 10.5 Å². The van der Waals surface area contributed by atoms with Crippen molar-refractivity contribution in [3.8, 4) is 5.75 Å². The van der Waals surface area contributed by atoms with Crippen molar-refractivity contribution >= 4 is 5.91 Å². The molecule has 0 fully saturated rings. The van der Waals surface area contributed by atoms with E-state index in [0.717, 1.165) is 29.0 Å². The third-order valence-corrected chi connectivity index (χ3v) is 4.06. The SMILES string of the molecule is CCC(C)C(N)C(=O)N(C)Cc1ncc(C)c(OC)c1C. The van der Waals surface area contributed by atoms with Gasteiger partial charge in [-0.15, -0.1) is 0 Å². The number of aryl methyl sites for hydroxylation is 1. The summed E-state index contributed by atoms with van der Waals surface area (Å²) in [5.74, 6) is 0.943. The Labute approximate surface area is 127 Å². The highest BCUT2D eigenvalue weighted by atomic mass is 16.5. The molecule has 0 aliphatic rings. The second kappa shape index (κ2) is 7.41. The fourth-order valence-electron chi connectivity index (χ4n) is 2.28. The van der Waals surface area contributed by atoms with Crippen LogP contribution in [0.4, 0.5) is 0 Å². The third kappa shape index (κ3) is 3.94. The summed E-state index contributed by atoms with van der Waals surface area (Å²) in [7, 11) is 3.41. The summed E-state index contributed by atoms with van der Waals surface area (Å²) >= 11 is 0. The molecule has 2 atom stereocenters. The number of methoxy groups -OCH3 is 1. The highest BCUT2D eigenvalue weighted by Gasteiger charge is 2.23. The number of rotatable bonds is 6. The zero-order valence-corrected chi connectivity index (χ0v) is 13.9. The highest BCUT2D eigenvalue weighted by molar-refractivity contribution is 5.81. The van der Waals surface area contributed by atoms with Gasteiger partial charge in [0.15, 0.2) is 0 Å². The van der Waals surface area contributed by atoms with Crippen LogP contribution < -0.4 is 10.5 Å². The van der Waals surface area contributed by atoms with Gasteiger partial charge in [0.05, 0.1) is 25.4 Å². The molecule has 0 bridgehead atoms. The smallest absolute Gasteiger partial charge is 0.239 e. The lowest BCUT2D eigenvalue weighted by atomic mass is 9.99. The van der Waals surface area contributed by atoms with E-state index >= 15 is 0 Å². The van der Waals surface area contributed by atoms with Gasteiger partial charge in [0.2, 0.25) is 5.91 Å². The fourth-order valence-corrected chi connectivity index (χ4v) is 2.28. The van der Waals surface area contributed by atoms with Crippen LogP contribution in [0, 0.1) is 19.8 Å². The standard InChI is InChI=1S/C16H27N3O2/c1-7-10(2)14(17)16(20)19(5)9-13-12(4)15(21-6)11(3)8-18-13/h8,10,14H,7,9,17H2,1-6H3. The molecule has 1 aromatic rings. The lowest BCUT2D eigenvalue weighted by molar-refractivity contribution is -0.133. The average molecular weight is 293 g/mol. The van der Waals surface area contributed by atoms with E-state index < -0.39 is 6.04 Å². The molecule has 0 saturated carbocycles. The molecular weight excluding hydrogens is 266 g/mol. The van der Waals surface area contributed by atoms with Gasteiger partial charge in [-0.05, 0) is 19.8 Å². The summed E-state index contributed by atoms with van der Waals surface area (Å²) in [4.78, 5) is 18.4. The molecule has 0 aliphatic heterocycles. The van der Waals surface area contributed by atoms with Gasteiger partial charge in [0, 0.05) is 24.4 Å². The summed E-state index contributed by atoms with van der Waals surface area (Å²) in [6.07, 6.45) is 2.66. The second-order valence-corrected chi connectivity index (χ2v) is 5.65. The lowest BCUT2D eigenvalue weighted by Gasteiger charge is -2.25. The first-order valence-corrected chi connectivity index (χ1v) is 7.33. The van der Waals surface area contributed by atoms with Crippen LogP contribution in [0.3, 0.4) is 0 Å². The van der Waals surface area contributed by atoms with Crippen molar-refractivity contribution < 1.29 is 9.53 Å². The molecule has 1 aromatic heterocycles. The van der Waals surface area contributed by atoms with Crippen LogP contribution in [0.1, 0.15) is 37.1 Å². The quantitative estimate of drug-likeness (QED) is 0.871. The van der Waals surface area contributed by atoms with Crippen LogP contribution in [0.2, 0.25) is 0 Å². The Morgan fingerprint density at radius 1 is 1.48 bits per heavy atom. The molecule has 0 radical (unpaired) electrons. The molecule has 21 heavy (non-hydrogen) atoms. The number of ether oxygens (including phenoxy) is 1. The van der Waals surface area contributed by atoms with Crippen molar-refractivity contribution in [2.24, 2.45) is 11.7 Å². The Morgan fingerprint density at radius 3 is 2.62 bits per heavy atom. The molecular formula is C16H27N3O2.